The van der Waals surface area contributed by atoms with E-state index in [1.165, 1.54) is 11.1 Å². The topological polar surface area (TPSA) is 49.3 Å². The van der Waals surface area contributed by atoms with Crippen LogP contribution in [0.3, 0.4) is 0 Å². The average molecular weight is 267 g/mol. The second-order valence-electron chi connectivity index (χ2n) is 5.32. The first-order valence-electron chi connectivity index (χ1n) is 6.81. The molecule has 0 heterocycles. The first kappa shape index (κ1) is 12.7. The van der Waals surface area contributed by atoms with Crippen LogP contribution in [0, 0.1) is 6.92 Å². The second kappa shape index (κ2) is 5.00. The highest BCUT2D eigenvalue weighted by Gasteiger charge is 2.23. The van der Waals surface area contributed by atoms with E-state index in [0.29, 0.717) is 11.1 Å². The van der Waals surface area contributed by atoms with Crippen LogP contribution >= 0.6 is 0 Å². The van der Waals surface area contributed by atoms with Gasteiger partial charge in [0, 0.05) is 6.04 Å². The fraction of sp³-hybridized carbons (Fsp3) is 0.235. The van der Waals surface area contributed by atoms with Gasteiger partial charge in [-0.05, 0) is 42.5 Å². The lowest BCUT2D eigenvalue weighted by Gasteiger charge is -2.13. The van der Waals surface area contributed by atoms with Crippen LogP contribution in [-0.2, 0) is 12.8 Å². The molecule has 0 saturated heterocycles. The van der Waals surface area contributed by atoms with E-state index in [0.717, 1.165) is 12.8 Å². The van der Waals surface area contributed by atoms with E-state index in [1.807, 2.05) is 12.1 Å². The molecular formula is C17H17NO2. The van der Waals surface area contributed by atoms with Crippen LogP contribution in [0.2, 0.25) is 0 Å². The Morgan fingerprint density at radius 3 is 2.40 bits per heavy atom. The summed E-state index contributed by atoms with van der Waals surface area (Å²) >= 11 is 0. The van der Waals surface area contributed by atoms with Crippen LogP contribution in [0.25, 0.3) is 0 Å². The van der Waals surface area contributed by atoms with Gasteiger partial charge in [0.25, 0.3) is 5.91 Å². The molecule has 2 N–H and O–H groups in total. The molecule has 2 aromatic carbocycles. The summed E-state index contributed by atoms with van der Waals surface area (Å²) in [5.41, 5.74) is 3.66. The summed E-state index contributed by atoms with van der Waals surface area (Å²) < 4.78 is 0. The normalized spacial score (nSPS) is 14.1. The van der Waals surface area contributed by atoms with E-state index in [1.54, 1.807) is 25.1 Å². The zero-order valence-electron chi connectivity index (χ0n) is 11.4. The Labute approximate surface area is 118 Å². The van der Waals surface area contributed by atoms with Crippen LogP contribution in [-0.4, -0.2) is 17.1 Å². The number of benzene rings is 2. The Morgan fingerprint density at radius 2 is 1.75 bits per heavy atom. The number of para-hydroxylation sites is 1. The van der Waals surface area contributed by atoms with Gasteiger partial charge in [-0.15, -0.1) is 0 Å². The maximum atomic E-state index is 12.3. The molecule has 0 aliphatic heterocycles. The molecule has 0 radical (unpaired) electrons. The lowest BCUT2D eigenvalue weighted by atomic mass is 10.1. The van der Waals surface area contributed by atoms with Gasteiger partial charge in [0.1, 0.15) is 5.75 Å². The molecule has 3 nitrogen and oxygen atoms in total. The number of aromatic hydroxyl groups is 1. The predicted octanol–water partition coefficient (Wildman–Crippen LogP) is 2.60. The Balaban J connectivity index is 1.74. The van der Waals surface area contributed by atoms with Crippen molar-refractivity contribution >= 4 is 5.91 Å². The van der Waals surface area contributed by atoms with Crippen LogP contribution < -0.4 is 5.32 Å². The lowest BCUT2D eigenvalue weighted by Crippen LogP contribution is -2.35. The van der Waals surface area contributed by atoms with Gasteiger partial charge in [-0.3, -0.25) is 4.79 Å². The van der Waals surface area contributed by atoms with Crippen molar-refractivity contribution in [3.63, 3.8) is 0 Å². The third-order valence-electron chi connectivity index (χ3n) is 3.87. The number of carbonyl (C=O) groups excluding carboxylic acids is 1. The molecule has 0 atom stereocenters. The SMILES string of the molecule is Cc1cccc(C(=O)NC2Cc3ccccc3C2)c1O. The minimum Gasteiger partial charge on any atom is -0.507 e. The fourth-order valence-corrected chi connectivity index (χ4v) is 2.77. The van der Waals surface area contributed by atoms with Gasteiger partial charge >= 0.3 is 0 Å². The molecule has 0 unspecified atom stereocenters. The van der Waals surface area contributed by atoms with Crippen molar-refractivity contribution in [1.82, 2.24) is 5.32 Å². The highest BCUT2D eigenvalue weighted by molar-refractivity contribution is 5.97. The molecule has 102 valence electrons. The van der Waals surface area contributed by atoms with E-state index in [2.05, 4.69) is 17.4 Å². The van der Waals surface area contributed by atoms with Gasteiger partial charge in [-0.25, -0.2) is 0 Å². The van der Waals surface area contributed by atoms with Gasteiger partial charge < -0.3 is 10.4 Å². The number of aryl methyl sites for hydroxylation is 1. The number of hydrogen-bond acceptors (Lipinski definition) is 2. The van der Waals surface area contributed by atoms with Gasteiger partial charge in [0.2, 0.25) is 0 Å². The number of rotatable bonds is 2. The van der Waals surface area contributed by atoms with Crippen LogP contribution in [0.15, 0.2) is 42.5 Å². The maximum Gasteiger partial charge on any atom is 0.255 e. The molecule has 3 rings (SSSR count). The van der Waals surface area contributed by atoms with Crippen molar-refractivity contribution in [3.05, 3.63) is 64.7 Å². The second-order valence-corrected chi connectivity index (χ2v) is 5.32. The monoisotopic (exact) mass is 267 g/mol. The number of phenolic OH excluding ortho intramolecular Hbond substituents is 1. The molecule has 1 aliphatic rings. The van der Waals surface area contributed by atoms with Gasteiger partial charge in [0.15, 0.2) is 0 Å². The molecule has 0 fully saturated rings. The molecule has 1 amide bonds. The Bertz CT molecular complexity index is 639. The van der Waals surface area contributed by atoms with Crippen LogP contribution in [0.5, 0.6) is 5.75 Å². The zero-order valence-corrected chi connectivity index (χ0v) is 11.4. The summed E-state index contributed by atoms with van der Waals surface area (Å²) in [6.45, 7) is 1.79. The van der Waals surface area contributed by atoms with Crippen molar-refractivity contribution in [2.24, 2.45) is 0 Å². The molecule has 0 aromatic heterocycles. The summed E-state index contributed by atoms with van der Waals surface area (Å²) in [6, 6.07) is 13.6. The standard InChI is InChI=1S/C17H17NO2/c1-11-5-4-8-15(16(11)19)17(20)18-14-9-12-6-2-3-7-13(12)10-14/h2-8,14,19H,9-10H2,1H3,(H,18,20). The summed E-state index contributed by atoms with van der Waals surface area (Å²) in [4.78, 5) is 12.3. The molecule has 3 heteroatoms. The number of nitrogens with one attached hydrogen (secondary N) is 1. The van der Waals surface area contributed by atoms with Crippen molar-refractivity contribution < 1.29 is 9.90 Å². The average Bonchev–Trinajstić information content (AvgIpc) is 2.83. The van der Waals surface area contributed by atoms with Crippen molar-refractivity contribution in [2.75, 3.05) is 0 Å². The third-order valence-corrected chi connectivity index (χ3v) is 3.87. The quantitative estimate of drug-likeness (QED) is 0.878. The molecular weight excluding hydrogens is 250 g/mol. The predicted molar refractivity (Wildman–Crippen MR) is 77.9 cm³/mol. The molecule has 0 saturated carbocycles. The molecule has 0 bridgehead atoms. The summed E-state index contributed by atoms with van der Waals surface area (Å²) in [5.74, 6) is -0.135. The summed E-state index contributed by atoms with van der Waals surface area (Å²) in [6.07, 6.45) is 1.71. The number of carbonyl (C=O) groups is 1. The summed E-state index contributed by atoms with van der Waals surface area (Å²) in [5, 5.41) is 13.0. The molecule has 0 spiro atoms. The highest BCUT2D eigenvalue weighted by Crippen LogP contribution is 2.24. The fourth-order valence-electron chi connectivity index (χ4n) is 2.77. The summed E-state index contributed by atoms with van der Waals surface area (Å²) in [7, 11) is 0. The maximum absolute atomic E-state index is 12.3. The number of hydrogen-bond donors (Lipinski definition) is 2. The highest BCUT2D eigenvalue weighted by atomic mass is 16.3. The van der Waals surface area contributed by atoms with E-state index in [-0.39, 0.29) is 17.7 Å². The number of amides is 1. The van der Waals surface area contributed by atoms with Crippen molar-refractivity contribution in [1.29, 1.82) is 0 Å². The van der Waals surface area contributed by atoms with Gasteiger partial charge in [-0.2, -0.15) is 0 Å². The Hall–Kier alpha value is -2.29. The first-order valence-corrected chi connectivity index (χ1v) is 6.81. The number of fused-ring (bicyclic) bond motifs is 1. The van der Waals surface area contributed by atoms with E-state index in [4.69, 9.17) is 0 Å². The van der Waals surface area contributed by atoms with Gasteiger partial charge in [-0.1, -0.05) is 36.4 Å². The lowest BCUT2D eigenvalue weighted by molar-refractivity contribution is 0.0936. The molecule has 2 aromatic rings. The number of phenols is 1. The third kappa shape index (κ3) is 2.27. The van der Waals surface area contributed by atoms with E-state index < -0.39 is 0 Å². The minimum atomic E-state index is -0.205. The smallest absolute Gasteiger partial charge is 0.255 e. The van der Waals surface area contributed by atoms with E-state index in [9.17, 15) is 9.90 Å². The minimum absolute atomic E-state index is 0.0699. The van der Waals surface area contributed by atoms with Crippen LogP contribution in [0.4, 0.5) is 0 Å². The largest absolute Gasteiger partial charge is 0.507 e. The first-order chi connectivity index (χ1) is 9.65. The Kier molecular flexibility index (Phi) is 3.18. The van der Waals surface area contributed by atoms with Crippen molar-refractivity contribution in [3.8, 4) is 5.75 Å². The molecule has 1 aliphatic carbocycles. The van der Waals surface area contributed by atoms with E-state index >= 15 is 0 Å². The van der Waals surface area contributed by atoms with Gasteiger partial charge in [0.05, 0.1) is 5.56 Å². The van der Waals surface area contributed by atoms with Crippen LogP contribution in [0.1, 0.15) is 27.0 Å². The Morgan fingerprint density at radius 1 is 1.10 bits per heavy atom. The zero-order chi connectivity index (χ0) is 14.1. The van der Waals surface area contributed by atoms with Crippen molar-refractivity contribution in [2.45, 2.75) is 25.8 Å². The molecule has 20 heavy (non-hydrogen) atoms.